The number of hydrogen-bond donors (Lipinski definition) is 0. The lowest BCUT2D eigenvalue weighted by molar-refractivity contribution is 0.0649. The van der Waals surface area contributed by atoms with Gasteiger partial charge in [0.25, 0.3) is 5.91 Å². The van der Waals surface area contributed by atoms with Crippen LogP contribution in [0.5, 0.6) is 0 Å². The molecule has 36 heavy (non-hydrogen) atoms. The molecule has 1 aliphatic rings. The molecule has 5 nitrogen and oxygen atoms in total. The van der Waals surface area contributed by atoms with Crippen LogP contribution < -0.4 is 0 Å². The van der Waals surface area contributed by atoms with Crippen LogP contribution in [0.15, 0.2) is 65.1 Å². The van der Waals surface area contributed by atoms with E-state index in [1.54, 1.807) is 17.0 Å². The van der Waals surface area contributed by atoms with Crippen LogP contribution >= 0.6 is 23.2 Å². The molecule has 1 saturated heterocycles. The van der Waals surface area contributed by atoms with E-state index in [-0.39, 0.29) is 29.7 Å². The first-order valence-electron chi connectivity index (χ1n) is 11.7. The quantitative estimate of drug-likeness (QED) is 0.277. The van der Waals surface area contributed by atoms with Gasteiger partial charge in [-0.25, -0.2) is 8.42 Å². The molecule has 1 aliphatic heterocycles. The molecule has 0 bridgehead atoms. The van der Waals surface area contributed by atoms with Crippen molar-refractivity contribution >= 4 is 49.9 Å². The van der Waals surface area contributed by atoms with Crippen LogP contribution in [0.2, 0.25) is 10.0 Å². The summed E-state index contributed by atoms with van der Waals surface area (Å²) in [4.78, 5) is 15.4. The standard InChI is InChI=1S/C28H25Cl2NO4S/c1-17-3-9-23-18(2)27(35-26(23)13-17)28(32)31(22-11-12-36(33,34)16-22)15-19-4-6-20(7-5-19)24-10-8-21(29)14-25(24)30/h3-10,13-14,22H,11-12,15-16H2,1-2H3. The van der Waals surface area contributed by atoms with Gasteiger partial charge in [0.1, 0.15) is 5.58 Å². The largest absolute Gasteiger partial charge is 0.451 e. The zero-order chi connectivity index (χ0) is 25.6. The second-order valence-electron chi connectivity index (χ2n) is 9.37. The molecular formula is C28H25Cl2NO4S. The third kappa shape index (κ3) is 4.90. The smallest absolute Gasteiger partial charge is 0.290 e. The van der Waals surface area contributed by atoms with Crippen LogP contribution in [0, 0.1) is 13.8 Å². The average molecular weight is 542 g/mol. The number of hydrogen-bond acceptors (Lipinski definition) is 4. The van der Waals surface area contributed by atoms with Crippen molar-refractivity contribution in [2.24, 2.45) is 0 Å². The molecule has 0 saturated carbocycles. The van der Waals surface area contributed by atoms with E-state index in [1.165, 1.54) is 0 Å². The van der Waals surface area contributed by atoms with Crippen LogP contribution in [0.4, 0.5) is 0 Å². The van der Waals surface area contributed by atoms with Crippen molar-refractivity contribution in [1.29, 1.82) is 0 Å². The molecule has 5 rings (SSSR count). The number of aryl methyl sites for hydroxylation is 2. The third-order valence-electron chi connectivity index (χ3n) is 6.75. The number of carbonyl (C=O) groups is 1. The first-order valence-corrected chi connectivity index (χ1v) is 14.2. The van der Waals surface area contributed by atoms with Gasteiger partial charge >= 0.3 is 0 Å². The first kappa shape index (κ1) is 24.9. The van der Waals surface area contributed by atoms with E-state index < -0.39 is 15.9 Å². The molecule has 1 atom stereocenters. The number of sulfone groups is 1. The summed E-state index contributed by atoms with van der Waals surface area (Å²) in [7, 11) is -3.19. The van der Waals surface area contributed by atoms with E-state index in [4.69, 9.17) is 27.6 Å². The van der Waals surface area contributed by atoms with Gasteiger partial charge in [0, 0.05) is 39.1 Å². The predicted molar refractivity (Wildman–Crippen MR) is 145 cm³/mol. The van der Waals surface area contributed by atoms with E-state index in [0.717, 1.165) is 33.2 Å². The maximum absolute atomic E-state index is 13.8. The molecule has 0 radical (unpaired) electrons. The van der Waals surface area contributed by atoms with E-state index in [0.29, 0.717) is 22.0 Å². The molecule has 3 aromatic carbocycles. The van der Waals surface area contributed by atoms with Crippen LogP contribution in [0.25, 0.3) is 22.1 Å². The first-order chi connectivity index (χ1) is 17.1. The Balaban J connectivity index is 1.47. The molecule has 1 unspecified atom stereocenters. The summed E-state index contributed by atoms with van der Waals surface area (Å²) in [5.74, 6) is -0.0127. The lowest BCUT2D eigenvalue weighted by Gasteiger charge is -2.28. The Morgan fingerprint density at radius 2 is 1.78 bits per heavy atom. The summed E-state index contributed by atoms with van der Waals surface area (Å²) >= 11 is 12.4. The van der Waals surface area contributed by atoms with E-state index in [2.05, 4.69) is 0 Å². The summed E-state index contributed by atoms with van der Waals surface area (Å²) in [6, 6.07) is 18.5. The van der Waals surface area contributed by atoms with Crippen molar-refractivity contribution in [3.05, 3.63) is 93.2 Å². The zero-order valence-electron chi connectivity index (χ0n) is 19.9. The second-order valence-corrected chi connectivity index (χ2v) is 12.4. The average Bonchev–Trinajstić information content (AvgIpc) is 3.36. The highest BCUT2D eigenvalue weighted by Crippen LogP contribution is 2.32. The fraction of sp³-hybridized carbons (Fsp3) is 0.250. The van der Waals surface area contributed by atoms with E-state index >= 15 is 0 Å². The number of rotatable bonds is 5. The number of furan rings is 1. The summed E-state index contributed by atoms with van der Waals surface area (Å²) in [5, 5.41) is 2.00. The topological polar surface area (TPSA) is 67.6 Å². The molecule has 8 heteroatoms. The van der Waals surface area contributed by atoms with Gasteiger partial charge in [-0.15, -0.1) is 0 Å². The zero-order valence-corrected chi connectivity index (χ0v) is 22.3. The summed E-state index contributed by atoms with van der Waals surface area (Å²) in [6.07, 6.45) is 0.408. The number of amides is 1. The Labute approximate surface area is 220 Å². The third-order valence-corrected chi connectivity index (χ3v) is 9.05. The molecule has 4 aromatic rings. The van der Waals surface area contributed by atoms with E-state index in [1.807, 2.05) is 62.4 Å². The Morgan fingerprint density at radius 3 is 2.44 bits per heavy atom. The van der Waals surface area contributed by atoms with Crippen LogP contribution in [0.3, 0.4) is 0 Å². The Bertz CT molecular complexity index is 1580. The molecule has 2 heterocycles. The number of benzene rings is 3. The highest BCUT2D eigenvalue weighted by Gasteiger charge is 2.36. The number of halogens is 2. The molecule has 0 spiro atoms. The SMILES string of the molecule is Cc1ccc2c(C)c(C(=O)N(Cc3ccc(-c4ccc(Cl)cc4Cl)cc3)C3CCS(=O)(=O)C3)oc2c1. The molecule has 1 aromatic heterocycles. The van der Waals surface area contributed by atoms with Gasteiger partial charge in [0.2, 0.25) is 0 Å². The Kier molecular flexibility index (Phi) is 6.62. The van der Waals surface area contributed by atoms with Gasteiger partial charge < -0.3 is 9.32 Å². The molecule has 0 aliphatic carbocycles. The van der Waals surface area contributed by atoms with Gasteiger partial charge in [-0.2, -0.15) is 0 Å². The number of nitrogens with zero attached hydrogens (tertiary/aromatic N) is 1. The van der Waals surface area contributed by atoms with Crippen molar-refractivity contribution in [2.75, 3.05) is 11.5 Å². The summed E-state index contributed by atoms with van der Waals surface area (Å²) < 4.78 is 30.6. The van der Waals surface area contributed by atoms with Crippen LogP contribution in [0.1, 0.15) is 33.7 Å². The van der Waals surface area contributed by atoms with Crippen LogP contribution in [-0.2, 0) is 16.4 Å². The van der Waals surface area contributed by atoms with E-state index in [9.17, 15) is 13.2 Å². The normalized spacial score (nSPS) is 16.9. The molecule has 186 valence electrons. The lowest BCUT2D eigenvalue weighted by atomic mass is 10.0. The minimum absolute atomic E-state index is 0.0460. The van der Waals surface area contributed by atoms with Gasteiger partial charge in [-0.3, -0.25) is 4.79 Å². The maximum atomic E-state index is 13.8. The van der Waals surface area contributed by atoms with Crippen molar-refractivity contribution in [3.63, 3.8) is 0 Å². The van der Waals surface area contributed by atoms with Crippen molar-refractivity contribution in [2.45, 2.75) is 32.9 Å². The maximum Gasteiger partial charge on any atom is 0.290 e. The lowest BCUT2D eigenvalue weighted by Crippen LogP contribution is -2.40. The number of fused-ring (bicyclic) bond motifs is 1. The van der Waals surface area contributed by atoms with Crippen molar-refractivity contribution in [1.82, 2.24) is 4.90 Å². The molecule has 1 amide bonds. The van der Waals surface area contributed by atoms with Crippen molar-refractivity contribution < 1.29 is 17.6 Å². The molecular weight excluding hydrogens is 517 g/mol. The monoisotopic (exact) mass is 541 g/mol. The molecule has 1 fully saturated rings. The number of carbonyl (C=O) groups excluding carboxylic acids is 1. The Morgan fingerprint density at radius 1 is 1.03 bits per heavy atom. The summed E-state index contributed by atoms with van der Waals surface area (Å²) in [5.41, 5.74) is 5.11. The predicted octanol–water partition coefficient (Wildman–Crippen LogP) is 6.85. The van der Waals surface area contributed by atoms with Gasteiger partial charge in [-0.05, 0) is 55.2 Å². The highest BCUT2D eigenvalue weighted by molar-refractivity contribution is 7.91. The minimum Gasteiger partial charge on any atom is -0.451 e. The van der Waals surface area contributed by atoms with Crippen molar-refractivity contribution in [3.8, 4) is 11.1 Å². The summed E-state index contributed by atoms with van der Waals surface area (Å²) in [6.45, 7) is 4.10. The van der Waals surface area contributed by atoms with Crippen LogP contribution in [-0.4, -0.2) is 36.8 Å². The second kappa shape index (κ2) is 9.58. The highest BCUT2D eigenvalue weighted by atomic mass is 35.5. The fourth-order valence-electron chi connectivity index (χ4n) is 4.77. The molecule has 0 N–H and O–H groups in total. The fourth-order valence-corrected chi connectivity index (χ4v) is 7.01. The van der Waals surface area contributed by atoms with Gasteiger partial charge in [-0.1, -0.05) is 65.7 Å². The van der Waals surface area contributed by atoms with Gasteiger partial charge in [0.15, 0.2) is 15.6 Å². The Hall–Kier alpha value is -2.80. The minimum atomic E-state index is -3.19. The van der Waals surface area contributed by atoms with Gasteiger partial charge in [0.05, 0.1) is 11.5 Å².